The first-order valence-electron chi connectivity index (χ1n) is 10.8. The molecule has 1 spiro atoms. The van der Waals surface area contributed by atoms with Gasteiger partial charge >= 0.3 is 5.97 Å². The highest BCUT2D eigenvalue weighted by atomic mass is 35.5. The second-order valence-electron chi connectivity index (χ2n) is 8.36. The molecule has 1 saturated heterocycles. The van der Waals surface area contributed by atoms with E-state index in [1.54, 1.807) is 36.4 Å². The van der Waals surface area contributed by atoms with Crippen LogP contribution in [0.2, 0.25) is 10.0 Å². The van der Waals surface area contributed by atoms with Crippen LogP contribution in [0.5, 0.6) is 0 Å². The number of benzene rings is 2. The van der Waals surface area contributed by atoms with Gasteiger partial charge in [0, 0.05) is 28.1 Å². The number of anilines is 1. The second-order valence-corrected chi connectivity index (χ2v) is 9.23. The van der Waals surface area contributed by atoms with Crippen molar-refractivity contribution in [1.29, 1.82) is 0 Å². The molecule has 2 heterocycles. The summed E-state index contributed by atoms with van der Waals surface area (Å²) in [5, 5.41) is 13.6. The maximum atomic E-state index is 14.0. The standard InChI is InChI=1S/C25H24Cl2N2O4/c1-3-14(4-2)23-25(18-9-8-17(27)11-20(18)28-24(25)33)19(15-6-5-7-16(26)10-15)12-21(30)29(23)13-22(31)32/h3,5-11,19,23H,4,12-13H2,1-2H3,(H,28,33)(H,31,32)/t19-,23+,25-/m0/s1. The van der Waals surface area contributed by atoms with Gasteiger partial charge in [-0.1, -0.05) is 60.0 Å². The van der Waals surface area contributed by atoms with Crippen molar-refractivity contribution in [2.75, 3.05) is 11.9 Å². The first kappa shape index (κ1) is 23.3. The average Bonchev–Trinajstić information content (AvgIpc) is 3.04. The summed E-state index contributed by atoms with van der Waals surface area (Å²) in [7, 11) is 0. The van der Waals surface area contributed by atoms with Crippen LogP contribution in [0.3, 0.4) is 0 Å². The average molecular weight is 487 g/mol. The molecule has 0 saturated carbocycles. The van der Waals surface area contributed by atoms with Crippen LogP contribution < -0.4 is 5.32 Å². The Morgan fingerprint density at radius 1 is 1.21 bits per heavy atom. The first-order valence-corrected chi connectivity index (χ1v) is 11.5. The van der Waals surface area contributed by atoms with Crippen LogP contribution >= 0.6 is 23.2 Å². The smallest absolute Gasteiger partial charge is 0.323 e. The molecule has 3 atom stereocenters. The highest BCUT2D eigenvalue weighted by Crippen LogP contribution is 2.56. The van der Waals surface area contributed by atoms with Crippen molar-refractivity contribution in [1.82, 2.24) is 4.90 Å². The topological polar surface area (TPSA) is 86.7 Å². The fraction of sp³-hybridized carbons (Fsp3) is 0.320. The van der Waals surface area contributed by atoms with Crippen LogP contribution in [0.1, 0.15) is 43.7 Å². The van der Waals surface area contributed by atoms with Gasteiger partial charge in [0.2, 0.25) is 11.8 Å². The minimum atomic E-state index is -1.24. The number of allylic oxidation sites excluding steroid dienone is 1. The van der Waals surface area contributed by atoms with Crippen molar-refractivity contribution >= 4 is 46.7 Å². The summed E-state index contributed by atoms with van der Waals surface area (Å²) in [6.45, 7) is 3.28. The number of halogens is 2. The molecule has 1 fully saturated rings. The molecule has 4 rings (SSSR count). The zero-order valence-electron chi connectivity index (χ0n) is 18.3. The molecule has 2 aromatic carbocycles. The maximum absolute atomic E-state index is 14.0. The summed E-state index contributed by atoms with van der Waals surface area (Å²) in [6, 6.07) is 11.6. The lowest BCUT2D eigenvalue weighted by Crippen LogP contribution is -2.64. The molecule has 172 valence electrons. The van der Waals surface area contributed by atoms with E-state index in [4.69, 9.17) is 23.2 Å². The van der Waals surface area contributed by atoms with E-state index in [-0.39, 0.29) is 18.2 Å². The molecular formula is C25H24Cl2N2O4. The quantitative estimate of drug-likeness (QED) is 0.581. The number of hydrogen-bond acceptors (Lipinski definition) is 3. The summed E-state index contributed by atoms with van der Waals surface area (Å²) >= 11 is 12.5. The predicted molar refractivity (Wildman–Crippen MR) is 128 cm³/mol. The Morgan fingerprint density at radius 2 is 1.94 bits per heavy atom. The van der Waals surface area contributed by atoms with Crippen molar-refractivity contribution in [2.24, 2.45) is 0 Å². The van der Waals surface area contributed by atoms with E-state index in [9.17, 15) is 19.5 Å². The van der Waals surface area contributed by atoms with Crippen molar-refractivity contribution in [2.45, 2.75) is 44.1 Å². The Hall–Kier alpha value is -2.83. The molecule has 6 nitrogen and oxygen atoms in total. The van der Waals surface area contributed by atoms with E-state index in [0.717, 1.165) is 11.1 Å². The predicted octanol–water partition coefficient (Wildman–Crippen LogP) is 5.01. The Balaban J connectivity index is 2.07. The molecule has 8 heteroatoms. The molecule has 33 heavy (non-hydrogen) atoms. The van der Waals surface area contributed by atoms with Gasteiger partial charge in [0.25, 0.3) is 0 Å². The summed E-state index contributed by atoms with van der Waals surface area (Å²) in [5.41, 5.74) is 1.59. The van der Waals surface area contributed by atoms with Crippen LogP contribution in [0.4, 0.5) is 5.69 Å². The fourth-order valence-electron chi connectivity index (χ4n) is 5.46. The van der Waals surface area contributed by atoms with Gasteiger partial charge in [0.15, 0.2) is 0 Å². The zero-order chi connectivity index (χ0) is 23.9. The van der Waals surface area contributed by atoms with Crippen LogP contribution in [0.25, 0.3) is 0 Å². The molecule has 2 N–H and O–H groups in total. The molecule has 2 aromatic rings. The molecule has 2 aliphatic rings. The molecule has 2 amide bonds. The molecule has 0 aromatic heterocycles. The lowest BCUT2D eigenvalue weighted by atomic mass is 9.58. The summed E-state index contributed by atoms with van der Waals surface area (Å²) < 4.78 is 0. The molecule has 0 bridgehead atoms. The van der Waals surface area contributed by atoms with Crippen molar-refractivity contribution in [3.05, 3.63) is 75.3 Å². The number of carbonyl (C=O) groups excluding carboxylic acids is 2. The van der Waals surface area contributed by atoms with Gasteiger partial charge < -0.3 is 15.3 Å². The Morgan fingerprint density at radius 3 is 2.58 bits per heavy atom. The maximum Gasteiger partial charge on any atom is 0.323 e. The van der Waals surface area contributed by atoms with Gasteiger partial charge in [0.1, 0.15) is 12.0 Å². The normalized spacial score (nSPS) is 24.7. The van der Waals surface area contributed by atoms with Crippen LogP contribution in [0.15, 0.2) is 54.1 Å². The third-order valence-corrected chi connectivity index (χ3v) is 7.20. The molecule has 2 aliphatic heterocycles. The highest BCUT2D eigenvalue weighted by molar-refractivity contribution is 6.31. The number of carboxylic acid groups (broad SMARTS) is 1. The van der Waals surface area contributed by atoms with Crippen molar-refractivity contribution in [3.63, 3.8) is 0 Å². The van der Waals surface area contributed by atoms with Gasteiger partial charge in [-0.15, -0.1) is 0 Å². The number of carboxylic acids is 1. The van der Waals surface area contributed by atoms with Crippen molar-refractivity contribution < 1.29 is 19.5 Å². The largest absolute Gasteiger partial charge is 0.480 e. The third kappa shape index (κ3) is 3.71. The van der Waals surface area contributed by atoms with Gasteiger partial charge in [-0.25, -0.2) is 0 Å². The summed E-state index contributed by atoms with van der Waals surface area (Å²) in [4.78, 5) is 40.5. The van der Waals surface area contributed by atoms with E-state index < -0.39 is 29.9 Å². The Kier molecular flexibility index (Phi) is 6.25. The number of aliphatic carboxylic acids is 1. The third-order valence-electron chi connectivity index (χ3n) is 6.73. The van der Waals surface area contributed by atoms with Gasteiger partial charge in [-0.05, 0) is 48.7 Å². The minimum Gasteiger partial charge on any atom is -0.480 e. The molecular weight excluding hydrogens is 463 g/mol. The van der Waals surface area contributed by atoms with E-state index in [1.807, 2.05) is 26.0 Å². The fourth-order valence-corrected chi connectivity index (χ4v) is 5.83. The number of carbonyl (C=O) groups is 3. The number of nitrogens with one attached hydrogen (secondary N) is 1. The van der Waals surface area contributed by atoms with Gasteiger partial charge in [0.05, 0.1) is 6.04 Å². The highest BCUT2D eigenvalue weighted by Gasteiger charge is 2.63. The number of likely N-dealkylation sites (tertiary alicyclic amines) is 1. The summed E-state index contributed by atoms with van der Waals surface area (Å²) in [5.74, 6) is -2.29. The van der Waals surface area contributed by atoms with E-state index >= 15 is 0 Å². The van der Waals surface area contributed by atoms with Crippen molar-refractivity contribution in [3.8, 4) is 0 Å². The number of amides is 2. The SMILES string of the molecule is CC=C(CC)[C@H]1N(CC(=O)O)C(=O)C[C@@H](c2cccc(Cl)c2)[C@]12C(=O)Nc1cc(Cl)ccc12. The van der Waals surface area contributed by atoms with Crippen LogP contribution in [0, 0.1) is 0 Å². The van der Waals surface area contributed by atoms with Crippen LogP contribution in [-0.4, -0.2) is 40.4 Å². The van der Waals surface area contributed by atoms with E-state index in [1.165, 1.54) is 4.90 Å². The number of nitrogens with zero attached hydrogens (tertiary/aromatic N) is 1. The number of piperidine rings is 1. The Bertz CT molecular complexity index is 1180. The number of hydrogen-bond donors (Lipinski definition) is 2. The van der Waals surface area contributed by atoms with E-state index in [0.29, 0.717) is 27.7 Å². The minimum absolute atomic E-state index is 0.0275. The number of rotatable bonds is 5. The lowest BCUT2D eigenvalue weighted by Gasteiger charge is -2.51. The van der Waals surface area contributed by atoms with Crippen LogP contribution in [-0.2, 0) is 19.8 Å². The monoisotopic (exact) mass is 486 g/mol. The van der Waals surface area contributed by atoms with Gasteiger partial charge in [-0.3, -0.25) is 14.4 Å². The lowest BCUT2D eigenvalue weighted by molar-refractivity contribution is -0.152. The number of fused-ring (bicyclic) bond motifs is 2. The first-order chi connectivity index (χ1) is 15.7. The second kappa shape index (κ2) is 8.84. The van der Waals surface area contributed by atoms with E-state index in [2.05, 4.69) is 5.32 Å². The molecule has 0 unspecified atom stereocenters. The molecule has 0 aliphatic carbocycles. The zero-order valence-corrected chi connectivity index (χ0v) is 19.8. The summed E-state index contributed by atoms with van der Waals surface area (Å²) in [6.07, 6.45) is 2.39. The Labute approximate surface area is 202 Å². The molecule has 0 radical (unpaired) electrons. The van der Waals surface area contributed by atoms with Gasteiger partial charge in [-0.2, -0.15) is 0 Å².